The van der Waals surface area contributed by atoms with Crippen molar-refractivity contribution in [2.75, 3.05) is 0 Å². The maximum absolute atomic E-state index is 5.00. The smallest absolute Gasteiger partial charge is 0.164 e. The lowest BCUT2D eigenvalue weighted by atomic mass is 9.97. The van der Waals surface area contributed by atoms with Gasteiger partial charge < -0.3 is 0 Å². The highest BCUT2D eigenvalue weighted by atomic mass is 32.1. The Balaban J connectivity index is 1.09. The van der Waals surface area contributed by atoms with Crippen molar-refractivity contribution in [3.05, 3.63) is 164 Å². The molecule has 0 unspecified atom stereocenters. The van der Waals surface area contributed by atoms with E-state index in [2.05, 4.69) is 133 Å². The molecule has 0 amide bonds. The van der Waals surface area contributed by atoms with Crippen molar-refractivity contribution in [2.24, 2.45) is 0 Å². The van der Waals surface area contributed by atoms with Crippen molar-refractivity contribution in [3.63, 3.8) is 0 Å². The molecule has 7 aromatic carbocycles. The van der Waals surface area contributed by atoms with Crippen LogP contribution in [0.3, 0.4) is 0 Å². The molecular formula is C43H27N3S. The lowest BCUT2D eigenvalue weighted by molar-refractivity contribution is 1.07. The number of aromatic nitrogens is 3. The third-order valence-corrected chi connectivity index (χ3v) is 9.90. The fourth-order valence-electron chi connectivity index (χ4n) is 6.34. The summed E-state index contributed by atoms with van der Waals surface area (Å²) >= 11 is 1.84. The zero-order valence-corrected chi connectivity index (χ0v) is 26.2. The van der Waals surface area contributed by atoms with Gasteiger partial charge in [-0.1, -0.05) is 152 Å². The zero-order valence-electron chi connectivity index (χ0n) is 25.3. The van der Waals surface area contributed by atoms with E-state index in [1.165, 1.54) is 42.1 Å². The molecule has 0 atom stereocenters. The van der Waals surface area contributed by atoms with Gasteiger partial charge in [-0.25, -0.2) is 15.0 Å². The van der Waals surface area contributed by atoms with Crippen LogP contribution in [0.5, 0.6) is 0 Å². The van der Waals surface area contributed by atoms with Crippen LogP contribution in [0.4, 0.5) is 0 Å². The van der Waals surface area contributed by atoms with Gasteiger partial charge in [0.05, 0.1) is 0 Å². The molecule has 0 aliphatic rings. The predicted octanol–water partition coefficient (Wildman–Crippen LogP) is 11.7. The number of nitrogens with zero attached hydrogens (tertiary/aromatic N) is 3. The van der Waals surface area contributed by atoms with Crippen LogP contribution in [-0.2, 0) is 0 Å². The molecule has 0 saturated carbocycles. The van der Waals surface area contributed by atoms with Gasteiger partial charge in [-0.05, 0) is 45.2 Å². The normalized spacial score (nSPS) is 11.4. The van der Waals surface area contributed by atoms with Crippen LogP contribution >= 0.6 is 11.3 Å². The molecule has 220 valence electrons. The molecule has 0 aliphatic carbocycles. The van der Waals surface area contributed by atoms with Crippen molar-refractivity contribution < 1.29 is 0 Å². The minimum absolute atomic E-state index is 0.651. The molecule has 0 radical (unpaired) electrons. The minimum Gasteiger partial charge on any atom is -0.208 e. The molecule has 3 nitrogen and oxygen atoms in total. The number of hydrogen-bond acceptors (Lipinski definition) is 4. The van der Waals surface area contributed by atoms with E-state index < -0.39 is 0 Å². The molecule has 2 heterocycles. The summed E-state index contributed by atoms with van der Waals surface area (Å²) in [7, 11) is 0. The molecule has 0 aliphatic heterocycles. The van der Waals surface area contributed by atoms with E-state index in [1.54, 1.807) is 0 Å². The summed E-state index contributed by atoms with van der Waals surface area (Å²) in [5, 5.41) is 5.10. The fraction of sp³-hybridized carbons (Fsp3) is 0. The monoisotopic (exact) mass is 617 g/mol. The minimum atomic E-state index is 0.651. The Morgan fingerprint density at radius 2 is 0.830 bits per heavy atom. The van der Waals surface area contributed by atoms with Crippen molar-refractivity contribution in [1.29, 1.82) is 0 Å². The van der Waals surface area contributed by atoms with E-state index in [-0.39, 0.29) is 0 Å². The molecule has 0 bridgehead atoms. The predicted molar refractivity (Wildman–Crippen MR) is 197 cm³/mol. The fourth-order valence-corrected chi connectivity index (χ4v) is 7.49. The second kappa shape index (κ2) is 11.4. The maximum atomic E-state index is 5.00. The van der Waals surface area contributed by atoms with Crippen LogP contribution in [-0.4, -0.2) is 15.0 Å². The van der Waals surface area contributed by atoms with E-state index >= 15 is 0 Å². The highest BCUT2D eigenvalue weighted by Gasteiger charge is 2.14. The molecule has 0 fully saturated rings. The van der Waals surface area contributed by atoms with E-state index in [0.29, 0.717) is 17.5 Å². The first kappa shape index (κ1) is 27.3. The molecule has 9 aromatic rings. The van der Waals surface area contributed by atoms with Crippen LogP contribution in [0, 0.1) is 0 Å². The number of rotatable bonds is 5. The number of fused-ring (bicyclic) bond motifs is 4. The summed E-state index contributed by atoms with van der Waals surface area (Å²) in [6.07, 6.45) is 0. The Labute approximate surface area is 276 Å². The highest BCUT2D eigenvalue weighted by Crippen LogP contribution is 2.37. The molecule has 0 N–H and O–H groups in total. The van der Waals surface area contributed by atoms with Crippen molar-refractivity contribution in [1.82, 2.24) is 15.0 Å². The Bertz CT molecular complexity index is 2550. The van der Waals surface area contributed by atoms with Crippen molar-refractivity contribution in [2.45, 2.75) is 0 Å². The van der Waals surface area contributed by atoms with Gasteiger partial charge in [-0.3, -0.25) is 0 Å². The van der Waals surface area contributed by atoms with Crippen molar-refractivity contribution in [3.8, 4) is 56.4 Å². The molecule has 2 aromatic heterocycles. The van der Waals surface area contributed by atoms with Gasteiger partial charge in [0.15, 0.2) is 17.5 Å². The first-order valence-electron chi connectivity index (χ1n) is 15.7. The molecule has 0 spiro atoms. The van der Waals surface area contributed by atoms with Crippen LogP contribution in [0.2, 0.25) is 0 Å². The van der Waals surface area contributed by atoms with Gasteiger partial charge in [-0.15, -0.1) is 11.3 Å². The van der Waals surface area contributed by atoms with E-state index in [0.717, 1.165) is 27.8 Å². The van der Waals surface area contributed by atoms with E-state index in [9.17, 15) is 0 Å². The van der Waals surface area contributed by atoms with Crippen LogP contribution in [0.25, 0.3) is 87.4 Å². The molecule has 47 heavy (non-hydrogen) atoms. The summed E-state index contributed by atoms with van der Waals surface area (Å²) in [4.78, 5) is 14.9. The second-order valence-corrected chi connectivity index (χ2v) is 12.7. The van der Waals surface area contributed by atoms with Gasteiger partial charge in [0.25, 0.3) is 0 Å². The summed E-state index contributed by atoms with van der Waals surface area (Å²) in [6, 6.07) is 57.5. The van der Waals surface area contributed by atoms with Gasteiger partial charge >= 0.3 is 0 Å². The van der Waals surface area contributed by atoms with Crippen molar-refractivity contribution >= 4 is 42.3 Å². The molecular weight excluding hydrogens is 591 g/mol. The molecule has 9 rings (SSSR count). The standard InChI is InChI=1S/C43H27N3S/c1-2-10-31(11-3-1)41-44-42(32-21-17-28(18-22-32)34-25-26-38-37-14-6-7-16-39(37)47-40(38)27-34)46-43(45-41)33-23-19-30(20-24-33)36-15-8-12-29-9-4-5-13-35(29)36/h1-27H. The van der Waals surface area contributed by atoms with Crippen LogP contribution in [0.15, 0.2) is 164 Å². The Kier molecular flexibility index (Phi) is 6.65. The number of hydrogen-bond donors (Lipinski definition) is 0. The summed E-state index contributed by atoms with van der Waals surface area (Å²) in [6.45, 7) is 0. The lowest BCUT2D eigenvalue weighted by Gasteiger charge is -2.10. The average molecular weight is 618 g/mol. The third kappa shape index (κ3) is 5.05. The third-order valence-electron chi connectivity index (χ3n) is 8.77. The van der Waals surface area contributed by atoms with Gasteiger partial charge in [0.1, 0.15) is 0 Å². The molecule has 4 heteroatoms. The van der Waals surface area contributed by atoms with Gasteiger partial charge in [0, 0.05) is 36.9 Å². The highest BCUT2D eigenvalue weighted by molar-refractivity contribution is 7.25. The Morgan fingerprint density at radius 3 is 1.55 bits per heavy atom. The topological polar surface area (TPSA) is 38.7 Å². The largest absolute Gasteiger partial charge is 0.208 e. The SMILES string of the molecule is c1ccc(-c2nc(-c3ccc(-c4ccc5c(c4)sc4ccccc45)cc3)nc(-c3ccc(-c4cccc5ccccc45)cc3)n2)cc1. The lowest BCUT2D eigenvalue weighted by Crippen LogP contribution is -2.00. The first-order valence-corrected chi connectivity index (χ1v) is 16.5. The summed E-state index contributed by atoms with van der Waals surface area (Å²) in [5.74, 6) is 1.96. The Hall–Kier alpha value is -5.97. The number of thiophene rings is 1. The average Bonchev–Trinajstić information content (AvgIpc) is 3.53. The first-order chi connectivity index (χ1) is 23.3. The summed E-state index contributed by atoms with van der Waals surface area (Å²) < 4.78 is 2.62. The maximum Gasteiger partial charge on any atom is 0.164 e. The molecule has 0 saturated heterocycles. The van der Waals surface area contributed by atoms with E-state index in [1.807, 2.05) is 41.7 Å². The van der Waals surface area contributed by atoms with E-state index in [4.69, 9.17) is 15.0 Å². The quantitative estimate of drug-likeness (QED) is 0.193. The Morgan fingerprint density at radius 1 is 0.319 bits per heavy atom. The summed E-state index contributed by atoms with van der Waals surface area (Å²) in [5.41, 5.74) is 7.58. The zero-order chi connectivity index (χ0) is 31.2. The number of benzene rings is 7. The van der Waals surface area contributed by atoms with Gasteiger partial charge in [-0.2, -0.15) is 0 Å². The van der Waals surface area contributed by atoms with Crippen LogP contribution < -0.4 is 0 Å². The van der Waals surface area contributed by atoms with Crippen LogP contribution in [0.1, 0.15) is 0 Å². The van der Waals surface area contributed by atoms with Gasteiger partial charge in [0.2, 0.25) is 0 Å². The second-order valence-electron chi connectivity index (χ2n) is 11.7.